The number of nitrogens with one attached hydrogen (secondary N) is 3. The molecule has 0 aliphatic heterocycles. The van der Waals surface area contributed by atoms with Crippen molar-refractivity contribution in [2.24, 2.45) is 5.73 Å². The van der Waals surface area contributed by atoms with Gasteiger partial charge < -0.3 is 37.0 Å². The van der Waals surface area contributed by atoms with Crippen molar-refractivity contribution < 1.29 is 34.5 Å². The van der Waals surface area contributed by atoms with Gasteiger partial charge in [-0.2, -0.15) is 0 Å². The monoisotopic (exact) mass is 638 g/mol. The summed E-state index contributed by atoms with van der Waals surface area (Å²) in [7, 11) is 0. The zero-order valence-electron chi connectivity index (χ0n) is 25.6. The first kappa shape index (κ1) is 34.2. The van der Waals surface area contributed by atoms with E-state index in [2.05, 4.69) is 16.0 Å². The highest BCUT2D eigenvalue weighted by molar-refractivity contribution is 5.94. The van der Waals surface area contributed by atoms with Gasteiger partial charge in [-0.3, -0.25) is 14.4 Å². The van der Waals surface area contributed by atoms with Gasteiger partial charge in [0.15, 0.2) is 0 Å². The van der Waals surface area contributed by atoms with Gasteiger partial charge in [-0.1, -0.05) is 84.9 Å². The van der Waals surface area contributed by atoms with E-state index >= 15 is 0 Å². The molecule has 3 amide bonds. The number of amides is 3. The number of carboxylic acids is 1. The van der Waals surface area contributed by atoms with Crippen LogP contribution in [0.1, 0.15) is 22.3 Å². The van der Waals surface area contributed by atoms with Crippen LogP contribution in [-0.4, -0.2) is 63.2 Å². The lowest BCUT2D eigenvalue weighted by Crippen LogP contribution is -2.58. The molecule has 4 aromatic carbocycles. The average Bonchev–Trinajstić information content (AvgIpc) is 3.06. The molecule has 0 aromatic heterocycles. The van der Waals surface area contributed by atoms with Crippen LogP contribution in [0, 0.1) is 0 Å². The second-order valence-corrected chi connectivity index (χ2v) is 11.2. The van der Waals surface area contributed by atoms with Gasteiger partial charge in [-0.15, -0.1) is 0 Å². The highest BCUT2D eigenvalue weighted by Crippen LogP contribution is 2.14. The summed E-state index contributed by atoms with van der Waals surface area (Å²) < 4.78 is 0. The summed E-state index contributed by atoms with van der Waals surface area (Å²) in [4.78, 5) is 52.8. The van der Waals surface area contributed by atoms with Gasteiger partial charge in [0.1, 0.15) is 29.6 Å². The SMILES string of the molecule is NC(Cc1ccc(O)cc1)C(=O)NC(Cc1ccccc1)C(=O)NC(Cc1ccc(O)cc1)C(=O)NC(Cc1ccccc1)C(=O)O. The van der Waals surface area contributed by atoms with Crippen molar-refractivity contribution in [1.29, 1.82) is 0 Å². The molecule has 4 rings (SSSR count). The summed E-state index contributed by atoms with van der Waals surface area (Å²) in [5, 5.41) is 37.2. The van der Waals surface area contributed by atoms with Crippen LogP contribution in [0.3, 0.4) is 0 Å². The average molecular weight is 639 g/mol. The van der Waals surface area contributed by atoms with Crippen LogP contribution < -0.4 is 21.7 Å². The van der Waals surface area contributed by atoms with E-state index in [9.17, 15) is 34.5 Å². The van der Waals surface area contributed by atoms with E-state index in [0.29, 0.717) is 16.7 Å². The molecule has 0 aliphatic rings. The Morgan fingerprint density at radius 3 is 1.26 bits per heavy atom. The Labute approximate surface area is 272 Å². The van der Waals surface area contributed by atoms with E-state index in [0.717, 1.165) is 5.56 Å². The number of hydrogen-bond donors (Lipinski definition) is 7. The summed E-state index contributed by atoms with van der Waals surface area (Å²) in [6, 6.07) is 25.5. The minimum atomic E-state index is -1.28. The molecule has 8 N–H and O–H groups in total. The Morgan fingerprint density at radius 2 is 0.830 bits per heavy atom. The first-order valence-electron chi connectivity index (χ1n) is 15.1. The van der Waals surface area contributed by atoms with Crippen molar-refractivity contribution in [3.63, 3.8) is 0 Å². The lowest BCUT2D eigenvalue weighted by molar-refractivity contribution is -0.142. The molecule has 0 bridgehead atoms. The minimum Gasteiger partial charge on any atom is -0.508 e. The third-order valence-corrected chi connectivity index (χ3v) is 7.55. The molecule has 0 spiro atoms. The molecule has 11 nitrogen and oxygen atoms in total. The quantitative estimate of drug-likeness (QED) is 0.103. The maximum absolute atomic E-state index is 13.8. The number of nitrogens with two attached hydrogens (primary N) is 1. The molecule has 0 heterocycles. The highest BCUT2D eigenvalue weighted by atomic mass is 16.4. The summed E-state index contributed by atoms with van der Waals surface area (Å²) in [6.45, 7) is 0. The molecule has 0 aliphatic carbocycles. The fourth-order valence-electron chi connectivity index (χ4n) is 4.99. The summed E-state index contributed by atoms with van der Waals surface area (Å²) in [6.07, 6.45) is 0.231. The first-order valence-corrected chi connectivity index (χ1v) is 15.1. The molecule has 4 aromatic rings. The van der Waals surface area contributed by atoms with Crippen molar-refractivity contribution in [3.8, 4) is 11.5 Å². The van der Waals surface area contributed by atoms with E-state index in [4.69, 9.17) is 5.73 Å². The number of hydrogen-bond acceptors (Lipinski definition) is 7. The number of rotatable bonds is 15. The van der Waals surface area contributed by atoms with Gasteiger partial charge in [0.2, 0.25) is 17.7 Å². The maximum Gasteiger partial charge on any atom is 0.326 e. The van der Waals surface area contributed by atoms with E-state index in [1.54, 1.807) is 78.9 Å². The summed E-state index contributed by atoms with van der Waals surface area (Å²) in [5.41, 5.74) is 8.95. The second-order valence-electron chi connectivity index (χ2n) is 11.2. The molecular weight excluding hydrogens is 600 g/mol. The lowest BCUT2D eigenvalue weighted by atomic mass is 10.0. The predicted molar refractivity (Wildman–Crippen MR) is 175 cm³/mol. The van der Waals surface area contributed by atoms with Crippen LogP contribution in [0.4, 0.5) is 0 Å². The number of phenols is 2. The summed E-state index contributed by atoms with van der Waals surface area (Å²) in [5.74, 6) is -3.15. The maximum atomic E-state index is 13.8. The normalized spacial score (nSPS) is 13.4. The number of aliphatic carboxylic acids is 1. The predicted octanol–water partition coefficient (Wildman–Crippen LogP) is 2.23. The molecule has 0 fully saturated rings. The molecule has 0 radical (unpaired) electrons. The zero-order chi connectivity index (χ0) is 33.8. The third kappa shape index (κ3) is 10.7. The van der Waals surface area contributed by atoms with E-state index in [-0.39, 0.29) is 37.2 Å². The van der Waals surface area contributed by atoms with Crippen LogP contribution in [0.5, 0.6) is 11.5 Å². The Bertz CT molecular complexity index is 1630. The van der Waals surface area contributed by atoms with E-state index in [1.807, 2.05) is 6.07 Å². The van der Waals surface area contributed by atoms with Crippen molar-refractivity contribution in [1.82, 2.24) is 16.0 Å². The van der Waals surface area contributed by atoms with Crippen LogP contribution in [0.2, 0.25) is 0 Å². The molecule has 0 saturated heterocycles. The van der Waals surface area contributed by atoms with Gasteiger partial charge in [0, 0.05) is 19.3 Å². The number of phenolic OH excluding ortho intramolecular Hbond substituents is 2. The Kier molecular flexibility index (Phi) is 12.1. The number of carboxylic acid groups (broad SMARTS) is 1. The molecule has 11 heteroatoms. The van der Waals surface area contributed by atoms with Crippen LogP contribution >= 0.6 is 0 Å². The summed E-state index contributed by atoms with van der Waals surface area (Å²) >= 11 is 0. The standard InChI is InChI=1S/C36H38N4O7/c37-29(19-25-11-15-27(41)16-12-25)33(43)38-30(20-23-7-3-1-4-8-23)34(44)39-31(21-26-13-17-28(42)18-14-26)35(45)40-32(36(46)47)22-24-9-5-2-6-10-24/h1-18,29-32,41-42H,19-22,37H2,(H,38,43)(H,39,44)(H,40,45)(H,46,47). The first-order chi connectivity index (χ1) is 22.6. The van der Waals surface area contributed by atoms with Gasteiger partial charge in [0.05, 0.1) is 6.04 Å². The molecule has 47 heavy (non-hydrogen) atoms. The van der Waals surface area contributed by atoms with Crippen LogP contribution in [0.15, 0.2) is 109 Å². The van der Waals surface area contributed by atoms with Gasteiger partial charge in [-0.25, -0.2) is 4.79 Å². The van der Waals surface area contributed by atoms with E-state index < -0.39 is 47.9 Å². The molecule has 244 valence electrons. The molecule has 4 unspecified atom stereocenters. The largest absolute Gasteiger partial charge is 0.508 e. The van der Waals surface area contributed by atoms with Crippen LogP contribution in [-0.2, 0) is 44.9 Å². The second kappa shape index (κ2) is 16.6. The van der Waals surface area contributed by atoms with Gasteiger partial charge in [-0.05, 0) is 52.9 Å². The molecular formula is C36H38N4O7. The fourth-order valence-corrected chi connectivity index (χ4v) is 4.99. The minimum absolute atomic E-state index is 0.0156. The number of carbonyl (C=O) groups excluding carboxylic acids is 3. The number of benzene rings is 4. The van der Waals surface area contributed by atoms with Gasteiger partial charge in [0.25, 0.3) is 0 Å². The fraction of sp³-hybridized carbons (Fsp3) is 0.222. The van der Waals surface area contributed by atoms with E-state index in [1.165, 1.54) is 24.3 Å². The number of aromatic hydroxyl groups is 2. The Morgan fingerprint density at radius 1 is 0.489 bits per heavy atom. The van der Waals surface area contributed by atoms with Crippen molar-refractivity contribution in [2.75, 3.05) is 0 Å². The Hall–Kier alpha value is -5.68. The third-order valence-electron chi connectivity index (χ3n) is 7.55. The molecule has 4 atom stereocenters. The van der Waals surface area contributed by atoms with Gasteiger partial charge >= 0.3 is 5.97 Å². The van der Waals surface area contributed by atoms with Crippen molar-refractivity contribution in [3.05, 3.63) is 131 Å². The molecule has 0 saturated carbocycles. The van der Waals surface area contributed by atoms with Crippen molar-refractivity contribution >= 4 is 23.7 Å². The smallest absolute Gasteiger partial charge is 0.326 e. The zero-order valence-corrected chi connectivity index (χ0v) is 25.6. The number of carbonyl (C=O) groups is 4. The van der Waals surface area contributed by atoms with Crippen molar-refractivity contribution in [2.45, 2.75) is 49.9 Å². The van der Waals surface area contributed by atoms with Crippen LogP contribution in [0.25, 0.3) is 0 Å². The highest BCUT2D eigenvalue weighted by Gasteiger charge is 2.31. The topological polar surface area (TPSA) is 191 Å². The lowest BCUT2D eigenvalue weighted by Gasteiger charge is -2.25. The Balaban J connectivity index is 1.55.